The number of morpholine rings is 1. The van der Waals surface area contributed by atoms with Crippen molar-refractivity contribution >= 4 is 23.3 Å². The Morgan fingerprint density at radius 2 is 1.91 bits per heavy atom. The molecule has 0 aliphatic carbocycles. The summed E-state index contributed by atoms with van der Waals surface area (Å²) in [5.41, 5.74) is 11.8. The fraction of sp³-hybridized carbons (Fsp3) is 0.469. The molecule has 0 unspecified atom stereocenters. The fourth-order valence-corrected chi connectivity index (χ4v) is 5.72. The largest absolute Gasteiger partial charge is 0.496 e. The monoisotopic (exact) mass is 589 g/mol. The van der Waals surface area contributed by atoms with Gasteiger partial charge in [0.1, 0.15) is 5.75 Å². The number of nitrogens with two attached hydrogens (primary N) is 1. The lowest BCUT2D eigenvalue weighted by atomic mass is 9.96. The predicted octanol–water partition coefficient (Wildman–Crippen LogP) is 3.47. The zero-order valence-corrected chi connectivity index (χ0v) is 24.9. The molecule has 2 saturated heterocycles. The van der Waals surface area contributed by atoms with Crippen molar-refractivity contribution in [2.24, 2.45) is 11.7 Å². The minimum Gasteiger partial charge on any atom is -0.496 e. The first-order valence-electron chi connectivity index (χ1n) is 15.1. The minimum atomic E-state index is -0.688. The predicted molar refractivity (Wildman–Crippen MR) is 168 cm³/mol. The third-order valence-corrected chi connectivity index (χ3v) is 8.12. The number of methoxy groups -OCH3 is 1. The van der Waals surface area contributed by atoms with Crippen molar-refractivity contribution in [1.82, 2.24) is 20.2 Å². The Morgan fingerprint density at radius 3 is 2.65 bits per heavy atom. The Balaban J connectivity index is 1.34. The minimum absolute atomic E-state index is 0.249. The first-order valence-corrected chi connectivity index (χ1v) is 15.1. The van der Waals surface area contributed by atoms with Crippen LogP contribution in [0.3, 0.4) is 0 Å². The van der Waals surface area contributed by atoms with Gasteiger partial charge < -0.3 is 35.8 Å². The van der Waals surface area contributed by atoms with E-state index in [2.05, 4.69) is 49.7 Å². The van der Waals surface area contributed by atoms with E-state index in [-0.39, 0.29) is 5.92 Å². The van der Waals surface area contributed by atoms with Crippen LogP contribution in [0, 0.1) is 5.92 Å². The summed E-state index contributed by atoms with van der Waals surface area (Å²) in [6.45, 7) is 7.59. The number of rotatable bonds is 13. The number of aromatic nitrogens is 2. The Labute approximate surface area is 253 Å². The van der Waals surface area contributed by atoms with Gasteiger partial charge in [0.2, 0.25) is 5.95 Å². The van der Waals surface area contributed by atoms with E-state index in [1.54, 1.807) is 13.3 Å². The summed E-state index contributed by atoms with van der Waals surface area (Å²) in [5, 5.41) is 16.3. The molecule has 2 aromatic carbocycles. The number of carboxylic acids is 1. The van der Waals surface area contributed by atoms with Gasteiger partial charge in [-0.05, 0) is 93.5 Å². The lowest BCUT2D eigenvalue weighted by Crippen LogP contribution is -2.38. The molecule has 0 saturated carbocycles. The molecule has 230 valence electrons. The Kier molecular flexibility index (Phi) is 10.8. The number of anilines is 3. The smallest absolute Gasteiger partial charge is 0.306 e. The lowest BCUT2D eigenvalue weighted by Gasteiger charge is -2.34. The van der Waals surface area contributed by atoms with Crippen LogP contribution in [0.2, 0.25) is 0 Å². The summed E-state index contributed by atoms with van der Waals surface area (Å²) in [4.78, 5) is 25.5. The van der Waals surface area contributed by atoms with Gasteiger partial charge >= 0.3 is 5.97 Å². The average Bonchev–Trinajstić information content (AvgIpc) is 3.04. The van der Waals surface area contributed by atoms with E-state index in [0.29, 0.717) is 45.1 Å². The number of aliphatic carboxylic acids is 1. The van der Waals surface area contributed by atoms with E-state index in [1.807, 2.05) is 18.2 Å². The van der Waals surface area contributed by atoms with E-state index < -0.39 is 5.97 Å². The van der Waals surface area contributed by atoms with Gasteiger partial charge in [-0.15, -0.1) is 0 Å². The van der Waals surface area contributed by atoms with Crippen LogP contribution in [0.15, 0.2) is 48.7 Å². The van der Waals surface area contributed by atoms with Crippen LogP contribution in [0.25, 0.3) is 11.3 Å². The first kappa shape index (κ1) is 30.7. The molecular weight excluding hydrogens is 546 g/mol. The fourth-order valence-electron chi connectivity index (χ4n) is 5.72. The zero-order valence-electron chi connectivity index (χ0n) is 24.9. The van der Waals surface area contributed by atoms with Crippen molar-refractivity contribution in [3.63, 3.8) is 0 Å². The SMILES string of the molecule is COc1ccc(-c2ccnc(Nc3ccc(N4CCOCC4)c(CN4CCC(C(=O)O)CC4)c3)n2)cc1CNCCCN. The van der Waals surface area contributed by atoms with Gasteiger partial charge in [-0.1, -0.05) is 0 Å². The molecular formula is C32H43N7O4. The maximum absolute atomic E-state index is 11.5. The van der Waals surface area contributed by atoms with Crippen LogP contribution in [0.1, 0.15) is 30.4 Å². The van der Waals surface area contributed by atoms with Gasteiger partial charge in [0.15, 0.2) is 0 Å². The third-order valence-electron chi connectivity index (χ3n) is 8.12. The number of hydrogen-bond acceptors (Lipinski definition) is 10. The van der Waals surface area contributed by atoms with Crippen molar-refractivity contribution < 1.29 is 19.4 Å². The molecule has 2 aliphatic heterocycles. The Bertz CT molecular complexity index is 1360. The molecule has 3 heterocycles. The highest BCUT2D eigenvalue weighted by Gasteiger charge is 2.25. The average molecular weight is 590 g/mol. The summed E-state index contributed by atoms with van der Waals surface area (Å²) < 4.78 is 11.2. The number of carboxylic acid groups (broad SMARTS) is 1. The van der Waals surface area contributed by atoms with E-state index >= 15 is 0 Å². The van der Waals surface area contributed by atoms with Crippen molar-refractivity contribution in [2.75, 3.05) is 69.8 Å². The molecule has 3 aromatic rings. The van der Waals surface area contributed by atoms with Gasteiger partial charge in [0.25, 0.3) is 0 Å². The van der Waals surface area contributed by atoms with E-state index in [9.17, 15) is 9.90 Å². The van der Waals surface area contributed by atoms with Crippen molar-refractivity contribution in [3.05, 3.63) is 59.8 Å². The molecule has 2 aliphatic rings. The maximum atomic E-state index is 11.5. The molecule has 43 heavy (non-hydrogen) atoms. The molecule has 2 fully saturated rings. The first-order chi connectivity index (χ1) is 21.0. The summed E-state index contributed by atoms with van der Waals surface area (Å²) >= 11 is 0. The van der Waals surface area contributed by atoms with E-state index in [1.165, 1.54) is 11.3 Å². The second-order valence-corrected chi connectivity index (χ2v) is 11.1. The molecule has 5 N–H and O–H groups in total. The maximum Gasteiger partial charge on any atom is 0.306 e. The van der Waals surface area contributed by atoms with Crippen molar-refractivity contribution in [3.8, 4) is 17.0 Å². The van der Waals surface area contributed by atoms with Crippen LogP contribution in [-0.4, -0.2) is 85.5 Å². The summed E-state index contributed by atoms with van der Waals surface area (Å²) in [6, 6.07) is 14.4. The number of nitrogens with one attached hydrogen (secondary N) is 2. The summed E-state index contributed by atoms with van der Waals surface area (Å²) in [5.74, 6) is 0.411. The number of ether oxygens (including phenoxy) is 2. The summed E-state index contributed by atoms with van der Waals surface area (Å²) in [7, 11) is 1.68. The molecule has 0 bridgehead atoms. The second-order valence-electron chi connectivity index (χ2n) is 11.1. The number of carbonyl (C=O) groups is 1. The lowest BCUT2D eigenvalue weighted by molar-refractivity contribution is -0.143. The molecule has 11 heteroatoms. The van der Waals surface area contributed by atoms with E-state index in [0.717, 1.165) is 73.9 Å². The number of piperidine rings is 1. The van der Waals surface area contributed by atoms with Gasteiger partial charge in [-0.3, -0.25) is 9.69 Å². The molecule has 5 rings (SSSR count). The van der Waals surface area contributed by atoms with Crippen LogP contribution in [0.5, 0.6) is 5.75 Å². The molecule has 1 aromatic heterocycles. The standard InChI is InChI=1S/C32H43N7O4/c1-42-30-6-3-24(19-25(30)21-34-11-2-10-33)28-7-12-35-32(37-28)36-27-4-5-29(39-15-17-43-18-16-39)26(20-27)22-38-13-8-23(9-14-38)31(40)41/h3-7,12,19-20,23,34H,2,8-11,13-18,21-22,33H2,1H3,(H,40,41)(H,35,36,37). The Morgan fingerprint density at radius 1 is 1.09 bits per heavy atom. The summed E-state index contributed by atoms with van der Waals surface area (Å²) in [6.07, 6.45) is 4.04. The molecule has 0 radical (unpaired) electrons. The highest BCUT2D eigenvalue weighted by Crippen LogP contribution is 2.30. The zero-order chi connectivity index (χ0) is 30.0. The van der Waals surface area contributed by atoms with E-state index in [4.69, 9.17) is 20.2 Å². The quantitative estimate of drug-likeness (QED) is 0.218. The number of likely N-dealkylation sites (tertiary alicyclic amines) is 1. The topological polar surface area (TPSA) is 138 Å². The van der Waals surface area contributed by atoms with Crippen LogP contribution >= 0.6 is 0 Å². The highest BCUT2D eigenvalue weighted by molar-refractivity contribution is 5.70. The van der Waals surface area contributed by atoms with Gasteiger partial charge in [-0.2, -0.15) is 0 Å². The van der Waals surface area contributed by atoms with Gasteiger partial charge in [0.05, 0.1) is 31.9 Å². The molecule has 0 spiro atoms. The number of hydrogen-bond donors (Lipinski definition) is 4. The number of benzene rings is 2. The molecule has 0 atom stereocenters. The molecule has 11 nitrogen and oxygen atoms in total. The normalized spacial score (nSPS) is 16.3. The third kappa shape index (κ3) is 8.20. The Hall–Kier alpha value is -3.77. The van der Waals surface area contributed by atoms with Crippen molar-refractivity contribution in [2.45, 2.75) is 32.4 Å². The molecule has 0 amide bonds. The van der Waals surface area contributed by atoms with Crippen LogP contribution in [0.4, 0.5) is 17.3 Å². The highest BCUT2D eigenvalue weighted by atomic mass is 16.5. The number of nitrogens with zero attached hydrogens (tertiary/aromatic N) is 4. The van der Waals surface area contributed by atoms with Gasteiger partial charge in [-0.25, -0.2) is 9.97 Å². The van der Waals surface area contributed by atoms with Gasteiger partial charge in [0, 0.05) is 54.9 Å². The van der Waals surface area contributed by atoms with Crippen LogP contribution < -0.4 is 26.0 Å². The van der Waals surface area contributed by atoms with Crippen LogP contribution in [-0.2, 0) is 22.6 Å². The van der Waals surface area contributed by atoms with Crippen molar-refractivity contribution in [1.29, 1.82) is 0 Å². The second kappa shape index (κ2) is 15.1.